The van der Waals surface area contributed by atoms with Crippen molar-refractivity contribution in [3.8, 4) is 5.75 Å². The SMILES string of the molecule is CCCOc1cccc(C(NC)c2cnnn2CCC)c1. The molecular formula is C16H24N4O. The molecule has 0 aliphatic rings. The maximum atomic E-state index is 5.72. The van der Waals surface area contributed by atoms with E-state index in [1.807, 2.05) is 30.1 Å². The summed E-state index contributed by atoms with van der Waals surface area (Å²) in [5.41, 5.74) is 2.23. The van der Waals surface area contributed by atoms with Gasteiger partial charge in [-0.05, 0) is 37.6 Å². The van der Waals surface area contributed by atoms with Crippen LogP contribution in [0.25, 0.3) is 0 Å². The van der Waals surface area contributed by atoms with Gasteiger partial charge in [-0.15, -0.1) is 5.10 Å². The molecule has 0 amide bonds. The second-order valence-corrected chi connectivity index (χ2v) is 5.02. The van der Waals surface area contributed by atoms with Crippen LogP contribution in [0.1, 0.15) is 44.0 Å². The smallest absolute Gasteiger partial charge is 0.119 e. The summed E-state index contributed by atoms with van der Waals surface area (Å²) >= 11 is 0. The van der Waals surface area contributed by atoms with Crippen molar-refractivity contribution in [2.24, 2.45) is 0 Å². The molecule has 114 valence electrons. The van der Waals surface area contributed by atoms with Gasteiger partial charge in [0.1, 0.15) is 5.75 Å². The van der Waals surface area contributed by atoms with Gasteiger partial charge in [-0.3, -0.25) is 0 Å². The molecule has 0 radical (unpaired) electrons. The number of ether oxygens (including phenoxy) is 1. The Bertz CT molecular complexity index is 553. The average molecular weight is 288 g/mol. The molecule has 1 N–H and O–H groups in total. The van der Waals surface area contributed by atoms with Crippen molar-refractivity contribution in [3.63, 3.8) is 0 Å². The molecule has 0 aliphatic carbocycles. The van der Waals surface area contributed by atoms with Gasteiger partial charge in [0.25, 0.3) is 0 Å². The number of hydrogen-bond donors (Lipinski definition) is 1. The number of rotatable bonds is 8. The van der Waals surface area contributed by atoms with Gasteiger partial charge in [0.15, 0.2) is 0 Å². The quantitative estimate of drug-likeness (QED) is 0.811. The monoisotopic (exact) mass is 288 g/mol. The summed E-state index contributed by atoms with van der Waals surface area (Å²) in [7, 11) is 1.95. The van der Waals surface area contributed by atoms with E-state index in [4.69, 9.17) is 4.74 Å². The third-order valence-electron chi connectivity index (χ3n) is 3.33. The lowest BCUT2D eigenvalue weighted by Gasteiger charge is -2.18. The first kappa shape index (κ1) is 15.5. The minimum absolute atomic E-state index is 0.0664. The molecule has 0 aliphatic heterocycles. The molecule has 0 saturated heterocycles. The molecule has 0 saturated carbocycles. The Morgan fingerprint density at radius 2 is 2.14 bits per heavy atom. The Morgan fingerprint density at radius 1 is 1.29 bits per heavy atom. The topological polar surface area (TPSA) is 52.0 Å². The molecule has 0 spiro atoms. The minimum Gasteiger partial charge on any atom is -0.494 e. The first-order valence-electron chi connectivity index (χ1n) is 7.58. The number of aromatic nitrogens is 3. The van der Waals surface area contributed by atoms with E-state index in [1.165, 1.54) is 0 Å². The summed E-state index contributed by atoms with van der Waals surface area (Å²) in [6.07, 6.45) is 3.87. The van der Waals surface area contributed by atoms with Gasteiger partial charge in [-0.25, -0.2) is 4.68 Å². The molecule has 1 heterocycles. The highest BCUT2D eigenvalue weighted by molar-refractivity contribution is 5.34. The van der Waals surface area contributed by atoms with Crippen LogP contribution in [-0.4, -0.2) is 28.6 Å². The van der Waals surface area contributed by atoms with Crippen molar-refractivity contribution in [1.29, 1.82) is 0 Å². The maximum Gasteiger partial charge on any atom is 0.119 e. The normalized spacial score (nSPS) is 12.3. The molecule has 5 heteroatoms. The minimum atomic E-state index is 0.0664. The highest BCUT2D eigenvalue weighted by Gasteiger charge is 2.17. The lowest BCUT2D eigenvalue weighted by Crippen LogP contribution is -2.21. The van der Waals surface area contributed by atoms with Crippen LogP contribution in [0.5, 0.6) is 5.75 Å². The van der Waals surface area contributed by atoms with E-state index in [-0.39, 0.29) is 6.04 Å². The van der Waals surface area contributed by atoms with E-state index in [9.17, 15) is 0 Å². The molecule has 0 fully saturated rings. The first-order valence-corrected chi connectivity index (χ1v) is 7.58. The zero-order valence-electron chi connectivity index (χ0n) is 13.0. The molecule has 2 rings (SSSR count). The fourth-order valence-electron chi connectivity index (χ4n) is 2.36. The molecule has 2 aromatic rings. The van der Waals surface area contributed by atoms with Crippen molar-refractivity contribution in [3.05, 3.63) is 41.7 Å². The zero-order valence-corrected chi connectivity index (χ0v) is 13.0. The van der Waals surface area contributed by atoms with E-state index in [2.05, 4.69) is 41.6 Å². The third-order valence-corrected chi connectivity index (χ3v) is 3.33. The first-order chi connectivity index (χ1) is 10.3. The standard InChI is InChI=1S/C16H24N4O/c1-4-9-20-15(12-18-19-20)16(17-3)13-7-6-8-14(11-13)21-10-5-2/h6-8,11-12,16-17H,4-5,9-10H2,1-3H3. The van der Waals surface area contributed by atoms with Gasteiger partial charge in [0.2, 0.25) is 0 Å². The second-order valence-electron chi connectivity index (χ2n) is 5.02. The molecular weight excluding hydrogens is 264 g/mol. The van der Waals surface area contributed by atoms with Gasteiger partial charge in [0, 0.05) is 6.54 Å². The van der Waals surface area contributed by atoms with Crippen molar-refractivity contribution >= 4 is 0 Å². The van der Waals surface area contributed by atoms with E-state index in [1.54, 1.807) is 0 Å². The van der Waals surface area contributed by atoms with Crippen LogP contribution in [0.15, 0.2) is 30.5 Å². The summed E-state index contributed by atoms with van der Waals surface area (Å²) in [5, 5.41) is 11.6. The summed E-state index contributed by atoms with van der Waals surface area (Å²) < 4.78 is 7.68. The Kier molecular flexibility index (Phi) is 5.75. The number of nitrogens with zero attached hydrogens (tertiary/aromatic N) is 3. The largest absolute Gasteiger partial charge is 0.494 e. The van der Waals surface area contributed by atoms with E-state index >= 15 is 0 Å². The van der Waals surface area contributed by atoms with Crippen molar-refractivity contribution < 1.29 is 4.74 Å². The molecule has 1 aromatic carbocycles. The Labute approximate surface area is 126 Å². The summed E-state index contributed by atoms with van der Waals surface area (Å²) in [5.74, 6) is 0.907. The van der Waals surface area contributed by atoms with Gasteiger partial charge >= 0.3 is 0 Å². The van der Waals surface area contributed by atoms with Gasteiger partial charge in [-0.1, -0.05) is 31.2 Å². The number of hydrogen-bond acceptors (Lipinski definition) is 4. The van der Waals surface area contributed by atoms with Crippen LogP contribution in [-0.2, 0) is 6.54 Å². The van der Waals surface area contributed by atoms with Crippen LogP contribution >= 0.6 is 0 Å². The lowest BCUT2D eigenvalue weighted by atomic mass is 10.0. The number of nitrogens with one attached hydrogen (secondary N) is 1. The highest BCUT2D eigenvalue weighted by atomic mass is 16.5. The molecule has 21 heavy (non-hydrogen) atoms. The Morgan fingerprint density at radius 3 is 2.86 bits per heavy atom. The van der Waals surface area contributed by atoms with Crippen LogP contribution in [0.3, 0.4) is 0 Å². The average Bonchev–Trinajstić information content (AvgIpc) is 2.95. The predicted octanol–water partition coefficient (Wildman–Crippen LogP) is 2.79. The summed E-state index contributed by atoms with van der Waals surface area (Å²) in [6.45, 7) is 5.86. The summed E-state index contributed by atoms with van der Waals surface area (Å²) in [6, 6.07) is 8.27. The van der Waals surface area contributed by atoms with Crippen LogP contribution < -0.4 is 10.1 Å². The van der Waals surface area contributed by atoms with Gasteiger partial charge < -0.3 is 10.1 Å². The third kappa shape index (κ3) is 3.82. The molecule has 1 aromatic heterocycles. The molecule has 1 unspecified atom stereocenters. The number of benzene rings is 1. The zero-order chi connectivity index (χ0) is 15.1. The van der Waals surface area contributed by atoms with E-state index in [0.29, 0.717) is 0 Å². The van der Waals surface area contributed by atoms with Crippen molar-refractivity contribution in [2.45, 2.75) is 39.3 Å². The van der Waals surface area contributed by atoms with Crippen molar-refractivity contribution in [2.75, 3.05) is 13.7 Å². The highest BCUT2D eigenvalue weighted by Crippen LogP contribution is 2.24. The fourth-order valence-corrected chi connectivity index (χ4v) is 2.36. The molecule has 1 atom stereocenters. The predicted molar refractivity (Wildman–Crippen MR) is 83.4 cm³/mol. The molecule has 0 bridgehead atoms. The van der Waals surface area contributed by atoms with Gasteiger partial charge in [0.05, 0.1) is 24.5 Å². The fraction of sp³-hybridized carbons (Fsp3) is 0.500. The second kappa shape index (κ2) is 7.78. The number of aryl methyl sites for hydroxylation is 1. The Hall–Kier alpha value is -1.88. The van der Waals surface area contributed by atoms with Gasteiger partial charge in [-0.2, -0.15) is 0 Å². The van der Waals surface area contributed by atoms with Crippen LogP contribution in [0, 0.1) is 0 Å². The van der Waals surface area contributed by atoms with E-state index < -0.39 is 0 Å². The van der Waals surface area contributed by atoms with Crippen LogP contribution in [0.2, 0.25) is 0 Å². The maximum absolute atomic E-state index is 5.72. The van der Waals surface area contributed by atoms with Crippen molar-refractivity contribution in [1.82, 2.24) is 20.3 Å². The van der Waals surface area contributed by atoms with Crippen LogP contribution in [0.4, 0.5) is 0 Å². The lowest BCUT2D eigenvalue weighted by molar-refractivity contribution is 0.317. The molecule has 5 nitrogen and oxygen atoms in total. The summed E-state index contributed by atoms with van der Waals surface area (Å²) in [4.78, 5) is 0. The van der Waals surface area contributed by atoms with E-state index in [0.717, 1.165) is 43.0 Å². The Balaban J connectivity index is 2.26.